The molecule has 3 aromatic rings. The van der Waals surface area contributed by atoms with Crippen LogP contribution in [0.15, 0.2) is 77.3 Å². The van der Waals surface area contributed by atoms with E-state index in [-0.39, 0.29) is 18.0 Å². The molecule has 140 valence electrons. The van der Waals surface area contributed by atoms with Crippen LogP contribution in [0.4, 0.5) is 17.1 Å². The molecule has 0 aromatic heterocycles. The number of nitrogens with one attached hydrogen (secondary N) is 2. The van der Waals surface area contributed by atoms with E-state index in [9.17, 15) is 9.59 Å². The highest BCUT2D eigenvalue weighted by Gasteiger charge is 2.33. The van der Waals surface area contributed by atoms with E-state index >= 15 is 0 Å². The molecule has 0 unspecified atom stereocenters. The first-order valence-corrected chi connectivity index (χ1v) is 9.64. The first-order valence-electron chi connectivity index (χ1n) is 8.85. The fourth-order valence-corrected chi connectivity index (χ4v) is 3.57. The lowest BCUT2D eigenvalue weighted by molar-refractivity contribution is -0.114. The second kappa shape index (κ2) is 7.48. The Kier molecular flexibility index (Phi) is 4.88. The van der Waals surface area contributed by atoms with Gasteiger partial charge in [0.25, 0.3) is 5.91 Å². The number of rotatable bonds is 3. The minimum Gasteiger partial charge on any atom is -0.360 e. The van der Waals surface area contributed by atoms with Crippen LogP contribution in [0, 0.1) is 0 Å². The fraction of sp³-hybridized carbons (Fsp3) is 0.0909. The number of hydrogen-bond donors (Lipinski definition) is 2. The maximum Gasteiger partial charge on any atom is 0.262 e. The van der Waals surface area contributed by atoms with Crippen LogP contribution in [-0.4, -0.2) is 11.8 Å². The van der Waals surface area contributed by atoms with Crippen molar-refractivity contribution in [3.63, 3.8) is 0 Å². The van der Waals surface area contributed by atoms with E-state index in [1.54, 1.807) is 17.0 Å². The number of para-hydroxylation sites is 1. The van der Waals surface area contributed by atoms with E-state index in [4.69, 9.17) is 0 Å². The molecule has 3 aromatic carbocycles. The smallest absolute Gasteiger partial charge is 0.262 e. The molecule has 28 heavy (non-hydrogen) atoms. The van der Waals surface area contributed by atoms with Gasteiger partial charge in [-0.15, -0.1) is 0 Å². The standard InChI is InChI=1S/C22H18BrN3O2/c1-14(27)24-17-10-12-18(13-11-17)26-21(15-6-8-16(23)9-7-15)25-20-5-3-2-4-19(20)22(26)28/h2-13,21,25H,1H3,(H,24,27)/t21-/m1/s1. The molecule has 5 nitrogen and oxygen atoms in total. The Hall–Kier alpha value is -3.12. The van der Waals surface area contributed by atoms with E-state index < -0.39 is 0 Å². The monoisotopic (exact) mass is 435 g/mol. The van der Waals surface area contributed by atoms with Crippen molar-refractivity contribution in [3.8, 4) is 0 Å². The highest BCUT2D eigenvalue weighted by molar-refractivity contribution is 9.10. The van der Waals surface area contributed by atoms with Gasteiger partial charge in [-0.1, -0.05) is 40.2 Å². The van der Waals surface area contributed by atoms with Gasteiger partial charge in [0.15, 0.2) is 0 Å². The van der Waals surface area contributed by atoms with E-state index in [1.807, 2.05) is 60.7 Å². The summed E-state index contributed by atoms with van der Waals surface area (Å²) >= 11 is 3.46. The molecule has 1 aliphatic rings. The zero-order chi connectivity index (χ0) is 19.7. The molecule has 2 N–H and O–H groups in total. The number of halogens is 1. The zero-order valence-corrected chi connectivity index (χ0v) is 16.7. The Morgan fingerprint density at radius 2 is 1.68 bits per heavy atom. The molecular formula is C22H18BrN3O2. The SMILES string of the molecule is CC(=O)Nc1ccc(N2C(=O)c3ccccc3N[C@H]2c2ccc(Br)cc2)cc1. The Morgan fingerprint density at radius 1 is 1.00 bits per heavy atom. The molecule has 4 rings (SSSR count). The Balaban J connectivity index is 1.77. The number of anilines is 3. The number of benzene rings is 3. The quantitative estimate of drug-likeness (QED) is 0.595. The highest BCUT2D eigenvalue weighted by atomic mass is 79.9. The third-order valence-corrected chi connectivity index (χ3v) is 5.11. The molecular weight excluding hydrogens is 418 g/mol. The summed E-state index contributed by atoms with van der Waals surface area (Å²) in [6.45, 7) is 1.46. The summed E-state index contributed by atoms with van der Waals surface area (Å²) < 4.78 is 0.977. The zero-order valence-electron chi connectivity index (χ0n) is 15.1. The number of hydrogen-bond acceptors (Lipinski definition) is 3. The lowest BCUT2D eigenvalue weighted by atomic mass is 10.0. The van der Waals surface area contributed by atoms with Crippen molar-refractivity contribution in [1.29, 1.82) is 0 Å². The van der Waals surface area contributed by atoms with Crippen LogP contribution in [-0.2, 0) is 4.79 Å². The minimum atomic E-state index is -0.345. The van der Waals surface area contributed by atoms with Gasteiger partial charge >= 0.3 is 0 Å². The van der Waals surface area contributed by atoms with Crippen molar-refractivity contribution in [2.24, 2.45) is 0 Å². The van der Waals surface area contributed by atoms with Gasteiger partial charge in [0.05, 0.1) is 5.56 Å². The predicted molar refractivity (Wildman–Crippen MR) is 115 cm³/mol. The summed E-state index contributed by atoms with van der Waals surface area (Å²) in [4.78, 5) is 26.3. The van der Waals surface area contributed by atoms with Crippen molar-refractivity contribution < 1.29 is 9.59 Å². The third kappa shape index (κ3) is 3.51. The van der Waals surface area contributed by atoms with Crippen molar-refractivity contribution in [2.75, 3.05) is 15.5 Å². The molecule has 6 heteroatoms. The number of carbonyl (C=O) groups is 2. The molecule has 0 saturated heterocycles. The van der Waals surface area contributed by atoms with Crippen LogP contribution >= 0.6 is 15.9 Å². The molecule has 0 spiro atoms. The van der Waals surface area contributed by atoms with Gasteiger partial charge in [-0.2, -0.15) is 0 Å². The normalized spacial score (nSPS) is 15.6. The van der Waals surface area contributed by atoms with Crippen molar-refractivity contribution in [1.82, 2.24) is 0 Å². The van der Waals surface area contributed by atoms with E-state index in [0.29, 0.717) is 11.3 Å². The minimum absolute atomic E-state index is 0.0745. The van der Waals surface area contributed by atoms with Gasteiger partial charge in [-0.3, -0.25) is 14.5 Å². The summed E-state index contributed by atoms with van der Waals surface area (Å²) in [6, 6.07) is 22.7. The Morgan fingerprint density at radius 3 is 2.36 bits per heavy atom. The summed E-state index contributed by atoms with van der Waals surface area (Å²) in [6.07, 6.45) is -0.345. The third-order valence-electron chi connectivity index (χ3n) is 4.58. The number of nitrogens with zero attached hydrogens (tertiary/aromatic N) is 1. The van der Waals surface area contributed by atoms with Gasteiger partial charge in [-0.25, -0.2) is 0 Å². The number of carbonyl (C=O) groups excluding carboxylic acids is 2. The van der Waals surface area contributed by atoms with Gasteiger partial charge in [-0.05, 0) is 54.1 Å². The first-order chi connectivity index (χ1) is 13.5. The van der Waals surface area contributed by atoms with E-state index in [2.05, 4.69) is 26.6 Å². The van der Waals surface area contributed by atoms with Crippen LogP contribution in [0.3, 0.4) is 0 Å². The molecule has 2 amide bonds. The lowest BCUT2D eigenvalue weighted by Crippen LogP contribution is -2.43. The summed E-state index contributed by atoms with van der Waals surface area (Å²) in [5, 5.41) is 6.23. The fourth-order valence-electron chi connectivity index (χ4n) is 3.31. The molecule has 0 aliphatic carbocycles. The van der Waals surface area contributed by atoms with Crippen molar-refractivity contribution >= 4 is 44.8 Å². The Labute approximate surface area is 171 Å². The van der Waals surface area contributed by atoms with Gasteiger partial charge in [0.2, 0.25) is 5.91 Å². The van der Waals surface area contributed by atoms with Gasteiger partial charge in [0, 0.05) is 28.5 Å². The van der Waals surface area contributed by atoms with E-state index in [1.165, 1.54) is 6.92 Å². The van der Waals surface area contributed by atoms with Gasteiger partial charge < -0.3 is 10.6 Å². The average molecular weight is 436 g/mol. The second-order valence-corrected chi connectivity index (χ2v) is 7.46. The van der Waals surface area contributed by atoms with Crippen LogP contribution in [0.1, 0.15) is 29.0 Å². The van der Waals surface area contributed by atoms with Crippen LogP contribution in [0.5, 0.6) is 0 Å². The molecule has 0 radical (unpaired) electrons. The molecule has 0 fully saturated rings. The topological polar surface area (TPSA) is 61.4 Å². The predicted octanol–water partition coefficient (Wildman–Crippen LogP) is 5.18. The van der Waals surface area contributed by atoms with Crippen LogP contribution in [0.2, 0.25) is 0 Å². The largest absolute Gasteiger partial charge is 0.360 e. The summed E-state index contributed by atoms with van der Waals surface area (Å²) in [5.74, 6) is -0.209. The Bertz CT molecular complexity index is 1030. The van der Waals surface area contributed by atoms with Crippen molar-refractivity contribution in [3.05, 3.63) is 88.4 Å². The number of fused-ring (bicyclic) bond motifs is 1. The van der Waals surface area contributed by atoms with Gasteiger partial charge in [0.1, 0.15) is 6.17 Å². The lowest BCUT2D eigenvalue weighted by Gasteiger charge is -2.38. The number of amides is 2. The maximum atomic E-state index is 13.3. The molecule has 0 bridgehead atoms. The summed E-state index contributed by atoms with van der Waals surface area (Å²) in [7, 11) is 0. The van der Waals surface area contributed by atoms with Crippen LogP contribution in [0.25, 0.3) is 0 Å². The molecule has 1 aliphatic heterocycles. The van der Waals surface area contributed by atoms with E-state index in [0.717, 1.165) is 21.4 Å². The average Bonchev–Trinajstić information content (AvgIpc) is 2.69. The molecule has 1 heterocycles. The second-order valence-electron chi connectivity index (χ2n) is 6.55. The molecule has 1 atom stereocenters. The summed E-state index contributed by atoms with van der Waals surface area (Å²) in [5.41, 5.74) is 3.84. The maximum absolute atomic E-state index is 13.3. The first kappa shape index (κ1) is 18.3. The highest BCUT2D eigenvalue weighted by Crippen LogP contribution is 2.37. The molecule has 0 saturated carbocycles. The van der Waals surface area contributed by atoms with Crippen LogP contribution < -0.4 is 15.5 Å². The van der Waals surface area contributed by atoms with Crippen molar-refractivity contribution in [2.45, 2.75) is 13.1 Å².